The first-order valence-corrected chi connectivity index (χ1v) is 13.6. The highest BCUT2D eigenvalue weighted by Gasteiger charge is 2.26. The fourth-order valence-electron chi connectivity index (χ4n) is 3.16. The van der Waals surface area contributed by atoms with Crippen molar-refractivity contribution in [1.82, 2.24) is 0 Å². The minimum Gasteiger partial charge on any atom is -0.443 e. The van der Waals surface area contributed by atoms with Gasteiger partial charge in [0.05, 0.1) is 5.69 Å². The molecule has 0 saturated heterocycles. The van der Waals surface area contributed by atoms with E-state index in [1.165, 1.54) is 16.1 Å². The zero-order valence-corrected chi connectivity index (χ0v) is 22.0. The molecule has 2 rings (SSSR count). The Morgan fingerprint density at radius 2 is 1.75 bits per heavy atom. The molecule has 1 aliphatic rings. The molecule has 0 aromatic heterocycles. The summed E-state index contributed by atoms with van der Waals surface area (Å²) in [5.41, 5.74) is 1.73. The van der Waals surface area contributed by atoms with E-state index in [0.717, 1.165) is 47.8 Å². The van der Waals surface area contributed by atoms with E-state index in [1.54, 1.807) is 4.90 Å². The zero-order chi connectivity index (χ0) is 21.3. The normalized spacial score (nSPS) is 14.1. The third kappa shape index (κ3) is 10.3. The van der Waals surface area contributed by atoms with E-state index in [2.05, 4.69) is 49.7 Å². The van der Waals surface area contributed by atoms with Crippen LogP contribution in [-0.4, -0.2) is 33.5 Å². The van der Waals surface area contributed by atoms with Crippen LogP contribution in [-0.2, 0) is 11.2 Å². The number of aryl methyl sites for hydroxylation is 1. The largest absolute Gasteiger partial charge is 0.443 e. The average molecular weight is 468 g/mol. The maximum absolute atomic E-state index is 12.3. The van der Waals surface area contributed by atoms with Crippen LogP contribution in [0.15, 0.2) is 22.7 Å². The summed E-state index contributed by atoms with van der Waals surface area (Å²) in [6.45, 7) is 15.7. The van der Waals surface area contributed by atoms with Crippen LogP contribution < -0.4 is 4.90 Å². The second-order valence-electron chi connectivity index (χ2n) is 9.58. The van der Waals surface area contributed by atoms with Gasteiger partial charge in [-0.3, -0.25) is 4.90 Å². The third-order valence-electron chi connectivity index (χ3n) is 4.59. The number of fused-ring (bicyclic) bond motifs is 1. The SMILES string of the molecule is CC(C)(C)OC(=O)N1CCCCc2cc(Br)ccc21.CC(C)[CH2][AlH][CH2]C(C)C. The molecule has 158 valence electrons. The first-order chi connectivity index (χ1) is 13.0. The summed E-state index contributed by atoms with van der Waals surface area (Å²) in [5.74, 6) is 1.91. The molecule has 0 spiro atoms. The first-order valence-electron chi connectivity index (χ1n) is 10.8. The van der Waals surface area contributed by atoms with Crippen LogP contribution in [0.4, 0.5) is 10.5 Å². The molecule has 0 N–H and O–H groups in total. The Morgan fingerprint density at radius 1 is 1.14 bits per heavy atom. The van der Waals surface area contributed by atoms with Gasteiger partial charge in [-0.1, -0.05) is 66.0 Å². The van der Waals surface area contributed by atoms with Crippen molar-refractivity contribution in [3.05, 3.63) is 28.2 Å². The minimum atomic E-state index is -0.459. The maximum atomic E-state index is 12.3. The summed E-state index contributed by atoms with van der Waals surface area (Å²) >= 11 is 3.80. The second-order valence-corrected chi connectivity index (χ2v) is 12.4. The molecule has 0 atom stereocenters. The monoisotopic (exact) mass is 467 g/mol. The number of halogens is 1. The van der Waals surface area contributed by atoms with Gasteiger partial charge in [-0.15, -0.1) is 0 Å². The number of rotatable bonds is 4. The van der Waals surface area contributed by atoms with Crippen LogP contribution in [0.5, 0.6) is 0 Å². The van der Waals surface area contributed by atoms with Crippen LogP contribution >= 0.6 is 15.9 Å². The smallest absolute Gasteiger partial charge is 0.414 e. The highest BCUT2D eigenvalue weighted by Crippen LogP contribution is 2.30. The molecule has 0 unspecified atom stereocenters. The van der Waals surface area contributed by atoms with Gasteiger partial charge in [-0.05, 0) is 63.8 Å². The van der Waals surface area contributed by atoms with Gasteiger partial charge >= 0.3 is 6.09 Å². The summed E-state index contributed by atoms with van der Waals surface area (Å²) in [4.78, 5) is 14.1. The summed E-state index contributed by atoms with van der Waals surface area (Å²) in [5, 5.41) is 3.08. The number of anilines is 1. The van der Waals surface area contributed by atoms with Crippen LogP contribution in [0.2, 0.25) is 10.6 Å². The van der Waals surface area contributed by atoms with Crippen molar-refractivity contribution in [3.63, 3.8) is 0 Å². The molecule has 1 amide bonds. The number of ether oxygens (including phenoxy) is 1. The van der Waals surface area contributed by atoms with Gasteiger partial charge in [0.1, 0.15) is 5.60 Å². The Bertz CT molecular complexity index is 603. The molecular formula is C23H39AlBrNO2. The number of hydrogen-bond donors (Lipinski definition) is 0. The van der Waals surface area contributed by atoms with E-state index in [9.17, 15) is 4.79 Å². The molecule has 0 aliphatic carbocycles. The molecule has 28 heavy (non-hydrogen) atoms. The molecule has 3 nitrogen and oxygen atoms in total. The minimum absolute atomic E-state index is 0.252. The number of carbonyl (C=O) groups is 1. The number of amides is 1. The van der Waals surface area contributed by atoms with Crippen molar-refractivity contribution in [3.8, 4) is 0 Å². The summed E-state index contributed by atoms with van der Waals surface area (Å²) in [7, 11) is 0. The Hall–Kier alpha value is -0.498. The average Bonchev–Trinajstić information content (AvgIpc) is 2.75. The van der Waals surface area contributed by atoms with E-state index in [0.29, 0.717) is 15.2 Å². The standard InChI is InChI=1S/C15H20BrNO2.2C4H9.Al.H/c1-15(2,3)19-14(18)17-9-5-4-6-11-10-12(16)7-8-13(11)17;2*1-4(2)3;;/h7-8,10H,4-6,9H2,1-3H3;2*4H,1H2,2-3H3;;. The fraction of sp³-hybridized carbons (Fsp3) is 0.696. The van der Waals surface area contributed by atoms with Gasteiger partial charge in [0.25, 0.3) is 0 Å². The molecule has 0 radical (unpaired) electrons. The van der Waals surface area contributed by atoms with Crippen molar-refractivity contribution in [1.29, 1.82) is 0 Å². The summed E-state index contributed by atoms with van der Waals surface area (Å²) in [6, 6.07) is 6.06. The Kier molecular flexibility index (Phi) is 11.2. The van der Waals surface area contributed by atoms with E-state index < -0.39 is 5.60 Å². The number of carbonyl (C=O) groups excluding carboxylic acids is 1. The molecule has 1 heterocycles. The maximum Gasteiger partial charge on any atom is 0.414 e. The predicted molar refractivity (Wildman–Crippen MR) is 127 cm³/mol. The van der Waals surface area contributed by atoms with Gasteiger partial charge in [0, 0.05) is 11.0 Å². The quantitative estimate of drug-likeness (QED) is 0.441. The summed E-state index contributed by atoms with van der Waals surface area (Å²) < 4.78 is 6.55. The second kappa shape index (κ2) is 12.3. The number of nitrogens with zero attached hydrogens (tertiary/aromatic N) is 1. The molecule has 1 aliphatic heterocycles. The Balaban J connectivity index is 0.000000370. The van der Waals surface area contributed by atoms with E-state index >= 15 is 0 Å². The lowest BCUT2D eigenvalue weighted by Gasteiger charge is -2.27. The highest BCUT2D eigenvalue weighted by atomic mass is 79.9. The van der Waals surface area contributed by atoms with Gasteiger partial charge in [-0.2, -0.15) is 0 Å². The van der Waals surface area contributed by atoms with Crippen LogP contribution in [0.1, 0.15) is 66.9 Å². The third-order valence-corrected chi connectivity index (χ3v) is 8.21. The van der Waals surface area contributed by atoms with Gasteiger partial charge in [0.15, 0.2) is 0 Å². The van der Waals surface area contributed by atoms with Crippen molar-refractivity contribution in [2.75, 3.05) is 11.4 Å². The van der Waals surface area contributed by atoms with Crippen molar-refractivity contribution >= 4 is 42.9 Å². The Labute approximate surface area is 187 Å². The lowest BCUT2D eigenvalue weighted by Crippen LogP contribution is -2.37. The highest BCUT2D eigenvalue weighted by molar-refractivity contribution is 9.10. The van der Waals surface area contributed by atoms with Gasteiger partial charge < -0.3 is 4.74 Å². The fourth-order valence-corrected chi connectivity index (χ4v) is 5.44. The zero-order valence-electron chi connectivity index (χ0n) is 19.0. The van der Waals surface area contributed by atoms with Crippen LogP contribution in [0.25, 0.3) is 0 Å². The molecule has 0 fully saturated rings. The van der Waals surface area contributed by atoms with E-state index in [4.69, 9.17) is 4.74 Å². The molecule has 0 bridgehead atoms. The van der Waals surface area contributed by atoms with Gasteiger partial charge in [0.2, 0.25) is 15.2 Å². The molecule has 0 saturated carbocycles. The van der Waals surface area contributed by atoms with E-state index in [1.807, 2.05) is 32.9 Å². The summed E-state index contributed by atoms with van der Waals surface area (Å²) in [6.07, 6.45) is 2.86. The molecule has 5 heteroatoms. The van der Waals surface area contributed by atoms with Crippen LogP contribution in [0.3, 0.4) is 0 Å². The van der Waals surface area contributed by atoms with Crippen molar-refractivity contribution in [2.45, 2.75) is 83.9 Å². The van der Waals surface area contributed by atoms with E-state index in [-0.39, 0.29) is 6.09 Å². The first kappa shape index (κ1) is 25.5. The number of benzene rings is 1. The molecular weight excluding hydrogens is 429 g/mol. The van der Waals surface area contributed by atoms with Crippen molar-refractivity contribution in [2.24, 2.45) is 11.8 Å². The lowest BCUT2D eigenvalue weighted by molar-refractivity contribution is 0.0580. The lowest BCUT2D eigenvalue weighted by atomic mass is 10.1. The Morgan fingerprint density at radius 3 is 2.29 bits per heavy atom. The topological polar surface area (TPSA) is 29.5 Å². The predicted octanol–water partition coefficient (Wildman–Crippen LogP) is 7.10. The number of hydrogen-bond acceptors (Lipinski definition) is 2. The van der Waals surface area contributed by atoms with Gasteiger partial charge in [-0.25, -0.2) is 4.79 Å². The molecule has 1 aromatic rings. The molecule has 1 aromatic carbocycles. The van der Waals surface area contributed by atoms with Crippen LogP contribution in [0, 0.1) is 11.8 Å². The van der Waals surface area contributed by atoms with Crippen molar-refractivity contribution < 1.29 is 9.53 Å².